The van der Waals surface area contributed by atoms with Gasteiger partial charge in [0.05, 0.1) is 18.8 Å². The van der Waals surface area contributed by atoms with Crippen LogP contribution < -0.4 is 0 Å². The SMILES string of the molecule is CCCC[C@](C)(O)C/C=C/[C@H]1[C@H](CCCCCCC(=O)OC)C(=O)C[C@@H]1O. The maximum atomic E-state index is 12.2. The average molecular weight is 383 g/mol. The molecule has 0 saturated heterocycles. The highest BCUT2D eigenvalue weighted by atomic mass is 16.5. The van der Waals surface area contributed by atoms with Crippen LogP contribution in [-0.2, 0) is 14.3 Å². The molecule has 0 bridgehead atoms. The number of ether oxygens (including phenoxy) is 1. The number of hydrogen-bond acceptors (Lipinski definition) is 5. The quantitative estimate of drug-likeness (QED) is 0.286. The number of rotatable bonds is 13. The largest absolute Gasteiger partial charge is 0.469 e. The Hall–Kier alpha value is -1.20. The van der Waals surface area contributed by atoms with E-state index in [1.165, 1.54) is 7.11 Å². The molecule has 2 N–H and O–H groups in total. The molecule has 27 heavy (non-hydrogen) atoms. The van der Waals surface area contributed by atoms with E-state index < -0.39 is 11.7 Å². The summed E-state index contributed by atoms with van der Waals surface area (Å²) in [4.78, 5) is 23.3. The Morgan fingerprint density at radius 2 is 1.96 bits per heavy atom. The van der Waals surface area contributed by atoms with E-state index in [1.54, 1.807) is 0 Å². The van der Waals surface area contributed by atoms with Gasteiger partial charge in [-0.2, -0.15) is 0 Å². The van der Waals surface area contributed by atoms with Crippen molar-refractivity contribution in [2.24, 2.45) is 11.8 Å². The van der Waals surface area contributed by atoms with Crippen molar-refractivity contribution >= 4 is 11.8 Å². The van der Waals surface area contributed by atoms with Gasteiger partial charge in [0.2, 0.25) is 0 Å². The Kier molecular flexibility index (Phi) is 10.9. The Bertz CT molecular complexity index is 483. The summed E-state index contributed by atoms with van der Waals surface area (Å²) >= 11 is 0. The summed E-state index contributed by atoms with van der Waals surface area (Å²) in [7, 11) is 1.40. The van der Waals surface area contributed by atoms with Gasteiger partial charge in [0.15, 0.2) is 0 Å². The van der Waals surface area contributed by atoms with Gasteiger partial charge in [-0.3, -0.25) is 9.59 Å². The lowest BCUT2D eigenvalue weighted by Crippen LogP contribution is -2.23. The minimum absolute atomic E-state index is 0.127. The molecule has 1 fully saturated rings. The van der Waals surface area contributed by atoms with Crippen molar-refractivity contribution in [1.29, 1.82) is 0 Å². The van der Waals surface area contributed by atoms with E-state index in [0.29, 0.717) is 12.8 Å². The maximum Gasteiger partial charge on any atom is 0.305 e. The van der Waals surface area contributed by atoms with E-state index in [-0.39, 0.29) is 30.0 Å². The molecule has 0 radical (unpaired) electrons. The van der Waals surface area contributed by atoms with Gasteiger partial charge in [-0.15, -0.1) is 0 Å². The summed E-state index contributed by atoms with van der Waals surface area (Å²) in [6.07, 6.45) is 11.7. The van der Waals surface area contributed by atoms with Gasteiger partial charge in [-0.25, -0.2) is 0 Å². The van der Waals surface area contributed by atoms with E-state index >= 15 is 0 Å². The van der Waals surface area contributed by atoms with E-state index in [4.69, 9.17) is 0 Å². The number of carbonyl (C=O) groups is 2. The lowest BCUT2D eigenvalue weighted by Gasteiger charge is -2.22. The van der Waals surface area contributed by atoms with Crippen molar-refractivity contribution in [1.82, 2.24) is 0 Å². The molecule has 4 atom stereocenters. The Morgan fingerprint density at radius 1 is 1.26 bits per heavy atom. The number of unbranched alkanes of at least 4 members (excludes halogenated alkanes) is 4. The lowest BCUT2D eigenvalue weighted by molar-refractivity contribution is -0.140. The zero-order valence-corrected chi connectivity index (χ0v) is 17.3. The van der Waals surface area contributed by atoms with Crippen LogP contribution in [0, 0.1) is 11.8 Å². The van der Waals surface area contributed by atoms with Gasteiger partial charge in [-0.05, 0) is 32.6 Å². The molecule has 0 unspecified atom stereocenters. The van der Waals surface area contributed by atoms with Crippen LogP contribution >= 0.6 is 0 Å². The van der Waals surface area contributed by atoms with E-state index in [1.807, 2.05) is 19.1 Å². The van der Waals surface area contributed by atoms with Gasteiger partial charge >= 0.3 is 5.97 Å². The van der Waals surface area contributed by atoms with Crippen LogP contribution in [-0.4, -0.2) is 40.8 Å². The van der Waals surface area contributed by atoms with E-state index in [9.17, 15) is 19.8 Å². The number of carbonyl (C=O) groups excluding carboxylic acids is 2. The van der Waals surface area contributed by atoms with Crippen molar-refractivity contribution in [2.75, 3.05) is 7.11 Å². The van der Waals surface area contributed by atoms with Crippen LogP contribution in [0.15, 0.2) is 12.2 Å². The number of methoxy groups -OCH3 is 1. The maximum absolute atomic E-state index is 12.2. The first-order chi connectivity index (χ1) is 12.8. The summed E-state index contributed by atoms with van der Waals surface area (Å²) in [6.45, 7) is 3.95. The molecule has 0 spiro atoms. The Morgan fingerprint density at radius 3 is 2.63 bits per heavy atom. The molecule has 5 nitrogen and oxygen atoms in total. The average Bonchev–Trinajstić information content (AvgIpc) is 2.89. The van der Waals surface area contributed by atoms with Crippen LogP contribution in [0.25, 0.3) is 0 Å². The number of esters is 1. The summed E-state index contributed by atoms with van der Waals surface area (Å²) < 4.78 is 4.62. The van der Waals surface area contributed by atoms with Crippen LogP contribution in [0.5, 0.6) is 0 Å². The third kappa shape index (κ3) is 9.02. The van der Waals surface area contributed by atoms with Gasteiger partial charge < -0.3 is 14.9 Å². The molecule has 1 aliphatic carbocycles. The number of hydrogen-bond donors (Lipinski definition) is 2. The zero-order chi connectivity index (χ0) is 20.3. The topological polar surface area (TPSA) is 83.8 Å². The number of aliphatic hydroxyl groups excluding tert-OH is 1. The van der Waals surface area contributed by atoms with Gasteiger partial charge in [0.25, 0.3) is 0 Å². The smallest absolute Gasteiger partial charge is 0.305 e. The Labute approximate surface area is 164 Å². The molecule has 1 rings (SSSR count). The fourth-order valence-corrected chi connectivity index (χ4v) is 3.82. The summed E-state index contributed by atoms with van der Waals surface area (Å²) in [5.74, 6) is -0.305. The standard InChI is InChI=1S/C22H38O5/c1-4-5-14-22(2,26)15-10-12-18-17(19(23)16-20(18)24)11-8-6-7-9-13-21(25)27-3/h10,12,17-18,20,24,26H,4-9,11,13-16H2,1-3H3/b12-10+/t17-,18-,20-,22-/m0/s1. The second-order valence-corrected chi connectivity index (χ2v) is 8.18. The van der Waals surface area contributed by atoms with Gasteiger partial charge in [0.1, 0.15) is 5.78 Å². The highest BCUT2D eigenvalue weighted by molar-refractivity contribution is 5.84. The molecule has 0 aliphatic heterocycles. The summed E-state index contributed by atoms with van der Waals surface area (Å²) in [5, 5.41) is 20.6. The molecule has 0 heterocycles. The lowest BCUT2D eigenvalue weighted by atomic mass is 9.87. The van der Waals surface area contributed by atoms with Crippen LogP contribution in [0.4, 0.5) is 0 Å². The second kappa shape index (κ2) is 12.3. The van der Waals surface area contributed by atoms with Crippen molar-refractivity contribution in [3.05, 3.63) is 12.2 Å². The molecule has 1 saturated carbocycles. The Balaban J connectivity index is 2.42. The van der Waals surface area contributed by atoms with Crippen molar-refractivity contribution in [3.63, 3.8) is 0 Å². The minimum Gasteiger partial charge on any atom is -0.469 e. The highest BCUT2D eigenvalue weighted by Gasteiger charge is 2.39. The predicted octanol–water partition coefficient (Wildman–Crippen LogP) is 3.95. The van der Waals surface area contributed by atoms with Crippen LogP contribution in [0.1, 0.15) is 84.5 Å². The molecule has 0 aromatic heterocycles. The van der Waals surface area contributed by atoms with Gasteiger partial charge in [0, 0.05) is 24.7 Å². The third-order valence-electron chi connectivity index (χ3n) is 5.59. The highest BCUT2D eigenvalue weighted by Crippen LogP contribution is 2.34. The number of Topliss-reactive ketones (excluding diaryl/α,β-unsaturated/α-hetero) is 1. The normalized spacial score (nSPS) is 25.1. The first-order valence-electron chi connectivity index (χ1n) is 10.5. The molecule has 5 heteroatoms. The summed E-state index contributed by atoms with van der Waals surface area (Å²) in [5.41, 5.74) is -0.727. The van der Waals surface area contributed by atoms with Crippen LogP contribution in [0.3, 0.4) is 0 Å². The summed E-state index contributed by atoms with van der Waals surface area (Å²) in [6, 6.07) is 0. The fourth-order valence-electron chi connectivity index (χ4n) is 3.82. The molecule has 0 amide bonds. The first kappa shape index (κ1) is 23.8. The fraction of sp³-hybridized carbons (Fsp3) is 0.818. The predicted molar refractivity (Wildman–Crippen MR) is 106 cm³/mol. The molecule has 156 valence electrons. The minimum atomic E-state index is -0.727. The molecular formula is C22H38O5. The second-order valence-electron chi connectivity index (χ2n) is 8.18. The van der Waals surface area contributed by atoms with Crippen molar-refractivity contribution < 1.29 is 24.5 Å². The molecule has 0 aromatic rings. The molecular weight excluding hydrogens is 344 g/mol. The monoisotopic (exact) mass is 382 g/mol. The zero-order valence-electron chi connectivity index (χ0n) is 17.3. The van der Waals surface area contributed by atoms with E-state index in [2.05, 4.69) is 11.7 Å². The van der Waals surface area contributed by atoms with Crippen LogP contribution in [0.2, 0.25) is 0 Å². The van der Waals surface area contributed by atoms with E-state index in [0.717, 1.165) is 51.4 Å². The van der Waals surface area contributed by atoms with Crippen molar-refractivity contribution in [2.45, 2.75) is 96.2 Å². The number of ketones is 1. The first-order valence-corrected chi connectivity index (χ1v) is 10.5. The molecule has 0 aromatic carbocycles. The number of aliphatic hydroxyl groups is 2. The van der Waals surface area contributed by atoms with Crippen molar-refractivity contribution in [3.8, 4) is 0 Å². The third-order valence-corrected chi connectivity index (χ3v) is 5.59. The van der Waals surface area contributed by atoms with Gasteiger partial charge in [-0.1, -0.05) is 51.2 Å². The molecule has 1 aliphatic rings.